The molecule has 1 N–H and O–H groups in total. The molecule has 3 nitrogen and oxygen atoms in total. The third kappa shape index (κ3) is 4.35. The molecule has 0 radical (unpaired) electrons. The van der Waals surface area contributed by atoms with Crippen LogP contribution in [-0.2, 0) is 13.1 Å². The van der Waals surface area contributed by atoms with Gasteiger partial charge in [0.25, 0.3) is 0 Å². The average molecular weight is 269 g/mol. The highest BCUT2D eigenvalue weighted by Gasteiger charge is 2.02. The first-order valence-corrected chi connectivity index (χ1v) is 7.26. The van der Waals surface area contributed by atoms with Gasteiger partial charge in [-0.2, -0.15) is 0 Å². The van der Waals surface area contributed by atoms with Gasteiger partial charge in [-0.15, -0.1) is 0 Å². The highest BCUT2D eigenvalue weighted by Crippen LogP contribution is 2.13. The zero-order chi connectivity index (χ0) is 14.2. The number of nitrogens with one attached hydrogen (secondary N) is 1. The van der Waals surface area contributed by atoms with Crippen LogP contribution in [0.25, 0.3) is 0 Å². The van der Waals surface area contributed by atoms with Gasteiger partial charge in [-0.1, -0.05) is 26.0 Å². The molecule has 0 unspecified atom stereocenters. The molecule has 0 aliphatic rings. The molecule has 3 heteroatoms. The summed E-state index contributed by atoms with van der Waals surface area (Å²) in [5, 5.41) is 3.46. The van der Waals surface area contributed by atoms with E-state index in [1.165, 1.54) is 16.8 Å². The number of aromatic nitrogens is 1. The van der Waals surface area contributed by atoms with E-state index in [9.17, 15) is 0 Å². The minimum Gasteiger partial charge on any atom is -0.381 e. The average Bonchev–Trinajstić information content (AvgIpc) is 2.52. The van der Waals surface area contributed by atoms with Crippen LogP contribution in [0.4, 0.5) is 5.69 Å². The van der Waals surface area contributed by atoms with Crippen molar-refractivity contribution in [1.82, 2.24) is 9.88 Å². The van der Waals surface area contributed by atoms with E-state index in [4.69, 9.17) is 0 Å². The maximum atomic E-state index is 4.03. The van der Waals surface area contributed by atoms with Crippen molar-refractivity contribution < 1.29 is 0 Å². The molecule has 0 fully saturated rings. The third-order valence-corrected chi connectivity index (χ3v) is 3.47. The molecule has 0 aliphatic carbocycles. The zero-order valence-electron chi connectivity index (χ0n) is 12.3. The van der Waals surface area contributed by atoms with Gasteiger partial charge >= 0.3 is 0 Å². The fourth-order valence-corrected chi connectivity index (χ4v) is 2.19. The number of benzene rings is 1. The molecule has 1 heterocycles. The van der Waals surface area contributed by atoms with E-state index < -0.39 is 0 Å². The number of hydrogen-bond donors (Lipinski definition) is 1. The molecule has 0 saturated carbocycles. The Balaban J connectivity index is 1.95. The Labute approximate surface area is 121 Å². The quantitative estimate of drug-likeness (QED) is 0.833. The summed E-state index contributed by atoms with van der Waals surface area (Å²) >= 11 is 0. The Hall–Kier alpha value is -1.87. The summed E-state index contributed by atoms with van der Waals surface area (Å²) in [6.45, 7) is 8.43. The van der Waals surface area contributed by atoms with Crippen molar-refractivity contribution in [3.8, 4) is 0 Å². The predicted octanol–water partition coefficient (Wildman–Crippen LogP) is 3.54. The van der Waals surface area contributed by atoms with Crippen LogP contribution in [0.3, 0.4) is 0 Å². The normalized spacial score (nSPS) is 10.8. The topological polar surface area (TPSA) is 28.2 Å². The van der Waals surface area contributed by atoms with Crippen molar-refractivity contribution in [2.75, 3.05) is 18.4 Å². The highest BCUT2D eigenvalue weighted by molar-refractivity contribution is 5.46. The highest BCUT2D eigenvalue weighted by atomic mass is 15.1. The second kappa shape index (κ2) is 7.65. The van der Waals surface area contributed by atoms with Gasteiger partial charge in [-0.3, -0.25) is 9.88 Å². The van der Waals surface area contributed by atoms with Gasteiger partial charge in [0, 0.05) is 31.2 Å². The van der Waals surface area contributed by atoms with Gasteiger partial charge in [-0.25, -0.2) is 0 Å². The van der Waals surface area contributed by atoms with Crippen LogP contribution in [0.1, 0.15) is 25.0 Å². The van der Waals surface area contributed by atoms with Gasteiger partial charge in [0.05, 0.1) is 0 Å². The van der Waals surface area contributed by atoms with Gasteiger partial charge in [0.2, 0.25) is 0 Å². The molecule has 20 heavy (non-hydrogen) atoms. The summed E-state index contributed by atoms with van der Waals surface area (Å²) in [4.78, 5) is 6.45. The molecule has 0 aliphatic heterocycles. The van der Waals surface area contributed by atoms with Gasteiger partial charge < -0.3 is 5.32 Å². The zero-order valence-corrected chi connectivity index (χ0v) is 12.3. The smallest absolute Gasteiger partial charge is 0.0401 e. The van der Waals surface area contributed by atoms with Crippen LogP contribution < -0.4 is 5.32 Å². The van der Waals surface area contributed by atoms with Gasteiger partial charge in [-0.05, 0) is 48.5 Å². The molecule has 1 aromatic carbocycles. The van der Waals surface area contributed by atoms with E-state index in [0.717, 1.165) is 26.2 Å². The molecule has 0 saturated heterocycles. The second-order valence-electron chi connectivity index (χ2n) is 4.87. The van der Waals surface area contributed by atoms with Crippen molar-refractivity contribution >= 4 is 5.69 Å². The largest absolute Gasteiger partial charge is 0.381 e. The van der Waals surface area contributed by atoms with Crippen LogP contribution in [0.2, 0.25) is 0 Å². The van der Waals surface area contributed by atoms with E-state index in [0.29, 0.717) is 0 Å². The Morgan fingerprint density at radius 1 is 1.00 bits per heavy atom. The summed E-state index contributed by atoms with van der Waals surface area (Å²) in [5.41, 5.74) is 3.77. The van der Waals surface area contributed by atoms with Crippen molar-refractivity contribution in [3.63, 3.8) is 0 Å². The number of hydrogen-bond acceptors (Lipinski definition) is 3. The molecule has 0 amide bonds. The lowest BCUT2D eigenvalue weighted by atomic mass is 10.1. The van der Waals surface area contributed by atoms with Crippen LogP contribution >= 0.6 is 0 Å². The molecule has 0 bridgehead atoms. The summed E-state index contributed by atoms with van der Waals surface area (Å²) < 4.78 is 0. The summed E-state index contributed by atoms with van der Waals surface area (Å²) in [6.07, 6.45) is 3.65. The summed E-state index contributed by atoms with van der Waals surface area (Å²) in [7, 11) is 0. The van der Waals surface area contributed by atoms with E-state index in [2.05, 4.69) is 53.3 Å². The SMILES string of the molecule is CCN(CC)Cc1cccc(NCc2ccncc2)c1. The van der Waals surface area contributed by atoms with Crippen LogP contribution in [0, 0.1) is 0 Å². The molecule has 1 aromatic heterocycles. The van der Waals surface area contributed by atoms with E-state index in [1.54, 1.807) is 0 Å². The molecule has 2 rings (SSSR count). The predicted molar refractivity (Wildman–Crippen MR) is 84.6 cm³/mol. The lowest BCUT2D eigenvalue weighted by molar-refractivity contribution is 0.296. The Bertz CT molecular complexity index is 507. The molecular formula is C17H23N3. The Morgan fingerprint density at radius 3 is 2.45 bits per heavy atom. The number of pyridine rings is 1. The second-order valence-corrected chi connectivity index (χ2v) is 4.87. The molecule has 0 atom stereocenters. The first-order valence-electron chi connectivity index (χ1n) is 7.26. The van der Waals surface area contributed by atoms with Gasteiger partial charge in [0.15, 0.2) is 0 Å². The molecule has 2 aromatic rings. The third-order valence-electron chi connectivity index (χ3n) is 3.47. The lowest BCUT2D eigenvalue weighted by Gasteiger charge is -2.18. The number of anilines is 1. The fraction of sp³-hybridized carbons (Fsp3) is 0.353. The maximum absolute atomic E-state index is 4.03. The van der Waals surface area contributed by atoms with Crippen LogP contribution in [0.15, 0.2) is 48.8 Å². The van der Waals surface area contributed by atoms with Crippen molar-refractivity contribution in [2.45, 2.75) is 26.9 Å². The Kier molecular flexibility index (Phi) is 5.56. The first-order chi connectivity index (χ1) is 9.81. The monoisotopic (exact) mass is 269 g/mol. The van der Waals surface area contributed by atoms with Crippen molar-refractivity contribution in [2.24, 2.45) is 0 Å². The summed E-state index contributed by atoms with van der Waals surface area (Å²) in [6, 6.07) is 12.7. The molecule has 106 valence electrons. The summed E-state index contributed by atoms with van der Waals surface area (Å²) in [5.74, 6) is 0. The van der Waals surface area contributed by atoms with Crippen LogP contribution in [0.5, 0.6) is 0 Å². The minimum atomic E-state index is 0.831. The van der Waals surface area contributed by atoms with E-state index in [-0.39, 0.29) is 0 Å². The van der Waals surface area contributed by atoms with Gasteiger partial charge in [0.1, 0.15) is 0 Å². The number of rotatable bonds is 7. The van der Waals surface area contributed by atoms with Crippen molar-refractivity contribution in [1.29, 1.82) is 0 Å². The number of nitrogens with zero attached hydrogens (tertiary/aromatic N) is 2. The molecular weight excluding hydrogens is 246 g/mol. The first kappa shape index (κ1) is 14.5. The fourth-order valence-electron chi connectivity index (χ4n) is 2.19. The molecule has 0 spiro atoms. The lowest BCUT2D eigenvalue weighted by Crippen LogP contribution is -2.22. The maximum Gasteiger partial charge on any atom is 0.0401 e. The van der Waals surface area contributed by atoms with E-state index in [1.807, 2.05) is 24.5 Å². The Morgan fingerprint density at radius 2 is 1.75 bits per heavy atom. The van der Waals surface area contributed by atoms with E-state index >= 15 is 0 Å². The van der Waals surface area contributed by atoms with Crippen molar-refractivity contribution in [3.05, 3.63) is 59.9 Å². The standard InChI is InChI=1S/C17H23N3/c1-3-20(4-2)14-16-6-5-7-17(12-16)19-13-15-8-10-18-11-9-15/h5-12,19H,3-4,13-14H2,1-2H3. The minimum absolute atomic E-state index is 0.831. The van der Waals surface area contributed by atoms with Crippen LogP contribution in [-0.4, -0.2) is 23.0 Å².